The van der Waals surface area contributed by atoms with E-state index in [2.05, 4.69) is 33.7 Å². The minimum Gasteiger partial charge on any atom is -0.490 e. The number of hydrogen-bond acceptors (Lipinski definition) is 5. The fraction of sp³-hybridized carbons (Fsp3) is 0.667. The zero-order chi connectivity index (χ0) is 13.1. The van der Waals surface area contributed by atoms with Gasteiger partial charge in [-0.25, -0.2) is 9.97 Å². The van der Waals surface area contributed by atoms with Gasteiger partial charge in [-0.15, -0.1) is 0 Å². The van der Waals surface area contributed by atoms with Gasteiger partial charge in [0.2, 0.25) is 0 Å². The highest BCUT2D eigenvalue weighted by Gasteiger charge is 2.24. The fourth-order valence-electron chi connectivity index (χ4n) is 2.41. The first-order valence-electron chi connectivity index (χ1n) is 6.13. The quantitative estimate of drug-likeness (QED) is 0.765. The van der Waals surface area contributed by atoms with E-state index in [0.29, 0.717) is 16.9 Å². The van der Waals surface area contributed by atoms with E-state index >= 15 is 0 Å². The maximum atomic E-state index is 6.05. The van der Waals surface area contributed by atoms with Crippen LogP contribution < -0.4 is 9.64 Å². The summed E-state index contributed by atoms with van der Waals surface area (Å²) in [5.74, 6) is 1.36. The van der Waals surface area contributed by atoms with E-state index in [1.807, 2.05) is 0 Å². The van der Waals surface area contributed by atoms with Crippen LogP contribution >= 0.6 is 11.6 Å². The predicted octanol–water partition coefficient (Wildman–Crippen LogP) is 1.67. The third-order valence-corrected chi connectivity index (χ3v) is 3.53. The molecule has 0 saturated carbocycles. The fourth-order valence-corrected chi connectivity index (χ4v) is 2.62. The average Bonchev–Trinajstić information content (AvgIpc) is 2.49. The predicted molar refractivity (Wildman–Crippen MR) is 72.5 cm³/mol. The molecular formula is C12H19ClN4O. The molecule has 6 heteroatoms. The molecule has 100 valence electrons. The van der Waals surface area contributed by atoms with Crippen LogP contribution in [0.15, 0.2) is 6.33 Å². The molecule has 5 nitrogen and oxygen atoms in total. The molecular weight excluding hydrogens is 252 g/mol. The lowest BCUT2D eigenvalue weighted by Gasteiger charge is -2.30. The molecule has 1 fully saturated rings. The zero-order valence-corrected chi connectivity index (χ0v) is 11.8. The molecule has 1 atom stereocenters. The van der Waals surface area contributed by atoms with Gasteiger partial charge < -0.3 is 14.5 Å². The van der Waals surface area contributed by atoms with Crippen LogP contribution in [0.2, 0.25) is 5.15 Å². The van der Waals surface area contributed by atoms with Crippen molar-refractivity contribution in [3.8, 4) is 5.75 Å². The average molecular weight is 271 g/mol. The van der Waals surface area contributed by atoms with Crippen molar-refractivity contribution < 1.29 is 4.74 Å². The van der Waals surface area contributed by atoms with Crippen molar-refractivity contribution in [2.24, 2.45) is 0 Å². The Labute approximate surface area is 113 Å². The Morgan fingerprint density at radius 3 is 2.89 bits per heavy atom. The second kappa shape index (κ2) is 5.71. The number of hydrogen-bond donors (Lipinski definition) is 0. The van der Waals surface area contributed by atoms with Gasteiger partial charge in [0.15, 0.2) is 16.7 Å². The Hall–Kier alpha value is -1.07. The first-order valence-corrected chi connectivity index (χ1v) is 6.51. The standard InChI is InChI=1S/C12H19ClN4O/c1-9-7-16(2)5-4-6-17(9)12-10(18-3)11(13)14-8-15-12/h8-9H,4-7H2,1-3H3. The lowest BCUT2D eigenvalue weighted by molar-refractivity contribution is 0.336. The van der Waals surface area contributed by atoms with Crippen LogP contribution in [0, 0.1) is 0 Å². The molecule has 0 N–H and O–H groups in total. The van der Waals surface area contributed by atoms with Gasteiger partial charge >= 0.3 is 0 Å². The molecule has 18 heavy (non-hydrogen) atoms. The van der Waals surface area contributed by atoms with E-state index in [4.69, 9.17) is 16.3 Å². The van der Waals surface area contributed by atoms with Gasteiger partial charge in [0.05, 0.1) is 7.11 Å². The zero-order valence-electron chi connectivity index (χ0n) is 11.1. The number of methoxy groups -OCH3 is 1. The maximum Gasteiger partial charge on any atom is 0.199 e. The summed E-state index contributed by atoms with van der Waals surface area (Å²) in [5.41, 5.74) is 0. The Morgan fingerprint density at radius 2 is 2.17 bits per heavy atom. The van der Waals surface area contributed by atoms with E-state index in [-0.39, 0.29) is 0 Å². The molecule has 1 aromatic rings. The monoisotopic (exact) mass is 270 g/mol. The Balaban J connectivity index is 2.32. The van der Waals surface area contributed by atoms with E-state index in [0.717, 1.165) is 31.9 Å². The summed E-state index contributed by atoms with van der Waals surface area (Å²) < 4.78 is 5.33. The van der Waals surface area contributed by atoms with Crippen molar-refractivity contribution in [3.63, 3.8) is 0 Å². The lowest BCUT2D eigenvalue weighted by Crippen LogP contribution is -2.38. The van der Waals surface area contributed by atoms with Crippen molar-refractivity contribution in [2.75, 3.05) is 38.7 Å². The lowest BCUT2D eigenvalue weighted by atomic mass is 10.2. The molecule has 0 radical (unpaired) electrons. The highest BCUT2D eigenvalue weighted by atomic mass is 35.5. The van der Waals surface area contributed by atoms with Crippen LogP contribution in [0.1, 0.15) is 13.3 Å². The summed E-state index contributed by atoms with van der Waals surface area (Å²) in [5, 5.41) is 0.368. The van der Waals surface area contributed by atoms with Crippen molar-refractivity contribution in [2.45, 2.75) is 19.4 Å². The molecule has 0 aromatic carbocycles. The molecule has 1 unspecified atom stereocenters. The summed E-state index contributed by atoms with van der Waals surface area (Å²) >= 11 is 6.05. The summed E-state index contributed by atoms with van der Waals surface area (Å²) in [6, 6.07) is 0.373. The second-order valence-corrected chi connectivity index (χ2v) is 5.04. The van der Waals surface area contributed by atoms with E-state index in [1.165, 1.54) is 6.33 Å². The summed E-state index contributed by atoms with van der Waals surface area (Å²) in [4.78, 5) is 12.9. The molecule has 1 aromatic heterocycles. The summed E-state index contributed by atoms with van der Waals surface area (Å²) in [6.45, 7) is 5.25. The number of nitrogens with zero attached hydrogens (tertiary/aromatic N) is 4. The highest BCUT2D eigenvalue weighted by Crippen LogP contribution is 2.33. The van der Waals surface area contributed by atoms with Gasteiger partial charge in [-0.2, -0.15) is 0 Å². The van der Waals surface area contributed by atoms with Gasteiger partial charge in [-0.1, -0.05) is 11.6 Å². The molecule has 2 heterocycles. The van der Waals surface area contributed by atoms with Gasteiger partial charge in [0.25, 0.3) is 0 Å². The number of anilines is 1. The molecule has 0 bridgehead atoms. The van der Waals surface area contributed by atoms with E-state index in [1.54, 1.807) is 7.11 Å². The Morgan fingerprint density at radius 1 is 1.39 bits per heavy atom. The van der Waals surface area contributed by atoms with Gasteiger partial charge in [-0.05, 0) is 26.9 Å². The van der Waals surface area contributed by atoms with Crippen molar-refractivity contribution in [3.05, 3.63) is 11.5 Å². The Kier molecular flexibility index (Phi) is 4.24. The number of halogens is 1. The largest absolute Gasteiger partial charge is 0.490 e. The molecule has 1 aliphatic heterocycles. The topological polar surface area (TPSA) is 41.5 Å². The van der Waals surface area contributed by atoms with E-state index in [9.17, 15) is 0 Å². The van der Waals surface area contributed by atoms with E-state index < -0.39 is 0 Å². The molecule has 0 spiro atoms. The van der Waals surface area contributed by atoms with Gasteiger partial charge in [-0.3, -0.25) is 0 Å². The van der Waals surface area contributed by atoms with Crippen molar-refractivity contribution in [1.82, 2.24) is 14.9 Å². The SMILES string of the molecule is COc1c(Cl)ncnc1N1CCCN(C)CC1C. The summed E-state index contributed by atoms with van der Waals surface area (Å²) in [6.07, 6.45) is 2.59. The first kappa shape index (κ1) is 13.4. The maximum absolute atomic E-state index is 6.05. The Bertz CT molecular complexity index is 415. The van der Waals surface area contributed by atoms with Crippen molar-refractivity contribution in [1.29, 1.82) is 0 Å². The summed E-state index contributed by atoms with van der Waals surface area (Å²) in [7, 11) is 3.74. The third-order valence-electron chi connectivity index (χ3n) is 3.26. The molecule has 2 rings (SSSR count). The van der Waals surface area contributed by atoms with Crippen LogP contribution in [0.5, 0.6) is 5.75 Å². The molecule has 0 aliphatic carbocycles. The second-order valence-electron chi connectivity index (χ2n) is 4.68. The van der Waals surface area contributed by atoms with Gasteiger partial charge in [0, 0.05) is 19.1 Å². The van der Waals surface area contributed by atoms with Gasteiger partial charge in [0.1, 0.15) is 6.33 Å². The first-order chi connectivity index (χ1) is 8.63. The van der Waals surface area contributed by atoms with Crippen molar-refractivity contribution >= 4 is 17.4 Å². The number of likely N-dealkylation sites (N-methyl/N-ethyl adjacent to an activating group) is 1. The van der Waals surface area contributed by atoms with Crippen LogP contribution in [0.3, 0.4) is 0 Å². The third kappa shape index (κ3) is 2.67. The number of aromatic nitrogens is 2. The highest BCUT2D eigenvalue weighted by molar-refractivity contribution is 6.31. The minimum atomic E-state index is 0.368. The molecule has 0 amide bonds. The smallest absolute Gasteiger partial charge is 0.199 e. The van der Waals surface area contributed by atoms with Crippen LogP contribution in [0.4, 0.5) is 5.82 Å². The normalized spacial score (nSPS) is 21.8. The van der Waals surface area contributed by atoms with Crippen LogP contribution in [-0.4, -0.2) is 54.7 Å². The molecule has 1 aliphatic rings. The molecule has 1 saturated heterocycles. The minimum absolute atomic E-state index is 0.368. The number of rotatable bonds is 2. The van der Waals surface area contributed by atoms with Crippen LogP contribution in [0.25, 0.3) is 0 Å². The van der Waals surface area contributed by atoms with Crippen LogP contribution in [-0.2, 0) is 0 Å². The number of ether oxygens (including phenoxy) is 1.